The van der Waals surface area contributed by atoms with Crippen LogP contribution in [0.4, 0.5) is 0 Å². The number of hydrogen-bond acceptors (Lipinski definition) is 5. The summed E-state index contributed by atoms with van der Waals surface area (Å²) in [6.45, 7) is 0. The summed E-state index contributed by atoms with van der Waals surface area (Å²) >= 11 is 4.02. The van der Waals surface area contributed by atoms with E-state index in [1.54, 1.807) is 0 Å². The van der Waals surface area contributed by atoms with E-state index < -0.39 is 18.4 Å². The second kappa shape index (κ2) is 3.73. The van der Waals surface area contributed by atoms with Gasteiger partial charge in [0.25, 0.3) is 0 Å². The number of methoxy groups -OCH3 is 1. The third-order valence-corrected chi connectivity index (χ3v) is 2.18. The second-order valence-electron chi connectivity index (χ2n) is 2.53. The summed E-state index contributed by atoms with van der Waals surface area (Å²) in [6, 6.07) is -0.391. The largest absolute Gasteiger partial charge is 0.386 e. The van der Waals surface area contributed by atoms with Crippen molar-refractivity contribution in [2.75, 3.05) is 12.9 Å². The molecule has 1 fully saturated rings. The Bertz CT molecular complexity index is 117. The van der Waals surface area contributed by atoms with E-state index in [9.17, 15) is 5.11 Å². The first-order valence-electron chi connectivity index (χ1n) is 3.43. The Hall–Kier alpha value is 0.190. The zero-order valence-corrected chi connectivity index (χ0v) is 7.20. The minimum atomic E-state index is -0.739. The molecule has 0 aromatic rings. The van der Waals surface area contributed by atoms with Gasteiger partial charge < -0.3 is 20.3 Å². The molecule has 1 rings (SSSR count). The van der Waals surface area contributed by atoms with Gasteiger partial charge in [-0.1, -0.05) is 0 Å². The van der Waals surface area contributed by atoms with Crippen molar-refractivity contribution in [2.45, 2.75) is 24.5 Å². The van der Waals surface area contributed by atoms with Gasteiger partial charge in [0.15, 0.2) is 6.29 Å². The first-order valence-corrected chi connectivity index (χ1v) is 4.06. The number of hydrogen-bond donors (Lipinski definition) is 3. The highest BCUT2D eigenvalue weighted by Gasteiger charge is 2.40. The summed E-state index contributed by atoms with van der Waals surface area (Å²) in [5.41, 5.74) is 5.60. The van der Waals surface area contributed by atoms with Crippen molar-refractivity contribution < 1.29 is 14.6 Å². The van der Waals surface area contributed by atoms with E-state index in [0.717, 1.165) is 0 Å². The molecule has 1 unspecified atom stereocenters. The van der Waals surface area contributed by atoms with Gasteiger partial charge in [-0.25, -0.2) is 0 Å². The van der Waals surface area contributed by atoms with E-state index >= 15 is 0 Å². The van der Waals surface area contributed by atoms with Crippen molar-refractivity contribution in [3.8, 4) is 0 Å². The van der Waals surface area contributed by atoms with Gasteiger partial charge in [-0.2, -0.15) is 12.6 Å². The number of aliphatic hydroxyl groups excluding tert-OH is 1. The molecule has 66 valence electrons. The Labute approximate surface area is 71.1 Å². The van der Waals surface area contributed by atoms with E-state index in [4.69, 9.17) is 15.2 Å². The second-order valence-corrected chi connectivity index (χ2v) is 2.89. The van der Waals surface area contributed by atoms with Gasteiger partial charge in [0, 0.05) is 12.9 Å². The third-order valence-electron chi connectivity index (χ3n) is 1.82. The van der Waals surface area contributed by atoms with Crippen LogP contribution in [0.15, 0.2) is 0 Å². The van der Waals surface area contributed by atoms with Gasteiger partial charge in [-0.15, -0.1) is 0 Å². The summed E-state index contributed by atoms with van der Waals surface area (Å²) < 4.78 is 10.1. The number of nitrogens with two attached hydrogens (primary N) is 1. The van der Waals surface area contributed by atoms with Crippen LogP contribution in [0.5, 0.6) is 0 Å². The van der Waals surface area contributed by atoms with Crippen LogP contribution in [0.1, 0.15) is 0 Å². The molecule has 0 aliphatic carbocycles. The molecule has 0 bridgehead atoms. The number of ether oxygens (including phenoxy) is 2. The minimum absolute atomic E-state index is 0.210. The first kappa shape index (κ1) is 9.28. The van der Waals surface area contributed by atoms with Gasteiger partial charge in [0.1, 0.15) is 6.10 Å². The summed E-state index contributed by atoms with van der Waals surface area (Å²) in [7, 11) is 1.47. The molecular weight excluding hydrogens is 166 g/mol. The maximum atomic E-state index is 9.35. The molecule has 0 aromatic heterocycles. The first-order chi connectivity index (χ1) is 5.20. The molecule has 11 heavy (non-hydrogen) atoms. The molecular formula is C6H13NO3S. The lowest BCUT2D eigenvalue weighted by Gasteiger charge is -2.12. The van der Waals surface area contributed by atoms with Crippen molar-refractivity contribution in [3.05, 3.63) is 0 Å². The minimum Gasteiger partial charge on any atom is -0.386 e. The van der Waals surface area contributed by atoms with Crippen LogP contribution in [-0.4, -0.2) is 42.5 Å². The molecule has 0 saturated carbocycles. The van der Waals surface area contributed by atoms with Crippen LogP contribution in [0, 0.1) is 0 Å². The molecule has 4 nitrogen and oxygen atoms in total. The topological polar surface area (TPSA) is 64.7 Å². The monoisotopic (exact) mass is 179 g/mol. The Balaban J connectivity index is 2.53. The maximum absolute atomic E-state index is 9.35. The zero-order valence-electron chi connectivity index (χ0n) is 6.30. The lowest BCUT2D eigenvalue weighted by molar-refractivity contribution is -0.144. The van der Waals surface area contributed by atoms with Gasteiger partial charge in [0.05, 0.1) is 12.1 Å². The Kier molecular flexibility index (Phi) is 3.15. The predicted molar refractivity (Wildman–Crippen MR) is 43.5 cm³/mol. The van der Waals surface area contributed by atoms with Crippen LogP contribution >= 0.6 is 12.6 Å². The van der Waals surface area contributed by atoms with Crippen molar-refractivity contribution in [1.82, 2.24) is 0 Å². The Morgan fingerprint density at radius 3 is 2.64 bits per heavy atom. The molecule has 5 heteroatoms. The quantitative estimate of drug-likeness (QED) is 0.475. The van der Waals surface area contributed by atoms with E-state index in [1.807, 2.05) is 0 Å². The van der Waals surface area contributed by atoms with Crippen LogP contribution in [0.2, 0.25) is 0 Å². The molecule has 3 N–H and O–H groups in total. The standard InChI is InChI=1S/C6H13NO3S/c1-9-6-5(8)4(7)3(2-11)10-6/h3-6,8,11H,2,7H2,1H3/t3-,4-,5-,6?/m1/s1. The fourth-order valence-electron chi connectivity index (χ4n) is 1.10. The highest BCUT2D eigenvalue weighted by molar-refractivity contribution is 7.80. The van der Waals surface area contributed by atoms with E-state index in [2.05, 4.69) is 12.6 Å². The average Bonchev–Trinajstić information content (AvgIpc) is 2.30. The molecule has 1 aliphatic heterocycles. The normalized spacial score (nSPS) is 44.7. The lowest BCUT2D eigenvalue weighted by Crippen LogP contribution is -2.41. The van der Waals surface area contributed by atoms with Crippen molar-refractivity contribution in [1.29, 1.82) is 0 Å². The smallest absolute Gasteiger partial charge is 0.185 e. The van der Waals surface area contributed by atoms with Crippen molar-refractivity contribution >= 4 is 12.6 Å². The molecule has 1 saturated heterocycles. The molecule has 1 aliphatic rings. The predicted octanol–water partition coefficient (Wildman–Crippen LogP) is -1.02. The van der Waals surface area contributed by atoms with Crippen LogP contribution < -0.4 is 5.73 Å². The van der Waals surface area contributed by atoms with Crippen LogP contribution in [0.3, 0.4) is 0 Å². The lowest BCUT2D eigenvalue weighted by atomic mass is 10.1. The van der Waals surface area contributed by atoms with Gasteiger partial charge in [0.2, 0.25) is 0 Å². The van der Waals surface area contributed by atoms with Crippen molar-refractivity contribution in [3.63, 3.8) is 0 Å². The van der Waals surface area contributed by atoms with Crippen molar-refractivity contribution in [2.24, 2.45) is 5.73 Å². The molecule has 0 aromatic carbocycles. The van der Waals surface area contributed by atoms with E-state index in [0.29, 0.717) is 5.75 Å². The molecule has 0 spiro atoms. The van der Waals surface area contributed by atoms with E-state index in [1.165, 1.54) is 7.11 Å². The zero-order chi connectivity index (χ0) is 8.43. The Morgan fingerprint density at radius 2 is 2.36 bits per heavy atom. The van der Waals surface area contributed by atoms with Crippen LogP contribution in [0.25, 0.3) is 0 Å². The molecule has 1 heterocycles. The number of thiol groups is 1. The maximum Gasteiger partial charge on any atom is 0.185 e. The number of aliphatic hydroxyl groups is 1. The fourth-order valence-corrected chi connectivity index (χ4v) is 1.43. The van der Waals surface area contributed by atoms with Gasteiger partial charge in [-0.05, 0) is 0 Å². The molecule has 0 amide bonds. The summed E-state index contributed by atoms with van der Waals surface area (Å²) in [5, 5.41) is 9.35. The van der Waals surface area contributed by atoms with E-state index in [-0.39, 0.29) is 6.10 Å². The highest BCUT2D eigenvalue weighted by Crippen LogP contribution is 2.20. The summed E-state index contributed by atoms with van der Waals surface area (Å²) in [4.78, 5) is 0. The van der Waals surface area contributed by atoms with Crippen LogP contribution in [-0.2, 0) is 9.47 Å². The van der Waals surface area contributed by atoms with Gasteiger partial charge in [-0.3, -0.25) is 0 Å². The summed E-state index contributed by atoms with van der Waals surface area (Å²) in [5.74, 6) is 0.498. The third kappa shape index (κ3) is 1.68. The SMILES string of the molecule is COC1O[C@H](CS)[C@@H](N)[C@H]1O. The molecule has 4 atom stereocenters. The number of rotatable bonds is 2. The molecule has 0 radical (unpaired) electrons. The Morgan fingerprint density at radius 1 is 1.73 bits per heavy atom. The highest BCUT2D eigenvalue weighted by atomic mass is 32.1. The van der Waals surface area contributed by atoms with Gasteiger partial charge >= 0.3 is 0 Å². The average molecular weight is 179 g/mol. The summed E-state index contributed by atoms with van der Waals surface area (Å²) in [6.07, 6.45) is -1.54. The fraction of sp³-hybridized carbons (Fsp3) is 1.00.